The molecule has 1 atom stereocenters. The largest absolute Gasteiger partial charge is 0.475 e. The molecule has 0 radical (unpaired) electrons. The highest BCUT2D eigenvalue weighted by molar-refractivity contribution is 7.48. The van der Waals surface area contributed by atoms with Crippen LogP contribution in [0.25, 0.3) is 0 Å². The molecule has 1 saturated heterocycles. The van der Waals surface area contributed by atoms with Gasteiger partial charge in [-0.1, -0.05) is 29.8 Å². The predicted octanol–water partition coefficient (Wildman–Crippen LogP) is 3.23. The van der Waals surface area contributed by atoms with Crippen molar-refractivity contribution in [2.24, 2.45) is 0 Å². The lowest BCUT2D eigenvalue weighted by molar-refractivity contribution is 0.142. The summed E-state index contributed by atoms with van der Waals surface area (Å²) in [5, 5.41) is 0. The summed E-state index contributed by atoms with van der Waals surface area (Å²) in [6.07, 6.45) is -0.301. The molecular formula is C11H15O4P. The van der Waals surface area contributed by atoms with Gasteiger partial charge < -0.3 is 0 Å². The van der Waals surface area contributed by atoms with E-state index in [0.29, 0.717) is 13.2 Å². The fraction of sp³-hybridized carbons (Fsp3) is 0.455. The molecule has 0 saturated carbocycles. The van der Waals surface area contributed by atoms with E-state index < -0.39 is 7.82 Å². The highest BCUT2D eigenvalue weighted by atomic mass is 31.2. The van der Waals surface area contributed by atoms with Crippen LogP contribution in [-0.4, -0.2) is 13.2 Å². The lowest BCUT2D eigenvalue weighted by Crippen LogP contribution is -1.98. The van der Waals surface area contributed by atoms with Crippen LogP contribution in [0.4, 0.5) is 0 Å². The third-order valence-corrected chi connectivity index (χ3v) is 3.99. The second-order valence-electron chi connectivity index (χ2n) is 3.77. The smallest absolute Gasteiger partial charge is 0.284 e. The lowest BCUT2D eigenvalue weighted by Gasteiger charge is -2.16. The number of benzene rings is 1. The van der Waals surface area contributed by atoms with Gasteiger partial charge in [-0.05, 0) is 19.4 Å². The zero-order chi connectivity index (χ0) is 11.6. The van der Waals surface area contributed by atoms with Crippen LogP contribution in [0.2, 0.25) is 0 Å². The summed E-state index contributed by atoms with van der Waals surface area (Å²) in [6.45, 7) is 4.51. The molecule has 16 heavy (non-hydrogen) atoms. The molecule has 2 rings (SSSR count). The molecule has 4 nitrogen and oxygen atoms in total. The first-order valence-electron chi connectivity index (χ1n) is 5.23. The minimum atomic E-state index is -3.30. The molecule has 0 aromatic heterocycles. The zero-order valence-corrected chi connectivity index (χ0v) is 10.3. The average molecular weight is 242 g/mol. The number of hydrogen-bond donors (Lipinski definition) is 0. The van der Waals surface area contributed by atoms with E-state index in [2.05, 4.69) is 0 Å². The Morgan fingerprint density at radius 3 is 2.38 bits per heavy atom. The van der Waals surface area contributed by atoms with Gasteiger partial charge >= 0.3 is 7.82 Å². The molecule has 0 N–H and O–H groups in total. The van der Waals surface area contributed by atoms with Crippen molar-refractivity contribution in [3.05, 3.63) is 35.4 Å². The van der Waals surface area contributed by atoms with E-state index in [1.165, 1.54) is 5.56 Å². The van der Waals surface area contributed by atoms with Crippen molar-refractivity contribution < 1.29 is 18.1 Å². The Kier molecular flexibility index (Phi) is 3.45. The monoisotopic (exact) mass is 242 g/mol. The van der Waals surface area contributed by atoms with Crippen LogP contribution in [0.15, 0.2) is 24.3 Å². The number of phosphoric ester groups is 1. The molecule has 1 unspecified atom stereocenters. The zero-order valence-electron chi connectivity index (χ0n) is 9.38. The number of hydrogen-bond acceptors (Lipinski definition) is 4. The first-order chi connectivity index (χ1) is 7.59. The summed E-state index contributed by atoms with van der Waals surface area (Å²) >= 11 is 0. The summed E-state index contributed by atoms with van der Waals surface area (Å²) in [4.78, 5) is 0. The fourth-order valence-electron chi connectivity index (χ4n) is 1.49. The number of rotatable bonds is 3. The van der Waals surface area contributed by atoms with Gasteiger partial charge in [-0.25, -0.2) is 4.57 Å². The van der Waals surface area contributed by atoms with Crippen molar-refractivity contribution in [1.82, 2.24) is 0 Å². The molecular weight excluding hydrogens is 227 g/mol. The topological polar surface area (TPSA) is 44.8 Å². The Labute approximate surface area is 95.1 Å². The molecule has 0 bridgehead atoms. The quantitative estimate of drug-likeness (QED) is 0.763. The van der Waals surface area contributed by atoms with E-state index in [0.717, 1.165) is 5.56 Å². The van der Waals surface area contributed by atoms with Gasteiger partial charge in [0.05, 0.1) is 19.3 Å². The number of aryl methyl sites for hydroxylation is 1. The molecule has 0 spiro atoms. The van der Waals surface area contributed by atoms with Crippen LogP contribution >= 0.6 is 7.82 Å². The molecule has 1 heterocycles. The van der Waals surface area contributed by atoms with Crippen LogP contribution in [-0.2, 0) is 18.1 Å². The number of phosphoric acid groups is 1. The third-order valence-electron chi connectivity index (χ3n) is 2.42. The fourth-order valence-corrected chi connectivity index (χ4v) is 2.79. The minimum absolute atomic E-state index is 0.301. The summed E-state index contributed by atoms with van der Waals surface area (Å²) < 4.78 is 27.1. The molecule has 0 amide bonds. The molecule has 0 aliphatic carbocycles. The molecule has 1 aliphatic heterocycles. The highest BCUT2D eigenvalue weighted by Gasteiger charge is 2.34. The Balaban J connectivity index is 2.05. The van der Waals surface area contributed by atoms with Crippen molar-refractivity contribution in [3.63, 3.8) is 0 Å². The molecule has 1 aromatic rings. The lowest BCUT2D eigenvalue weighted by atomic mass is 10.1. The van der Waals surface area contributed by atoms with E-state index in [-0.39, 0.29) is 6.10 Å². The summed E-state index contributed by atoms with van der Waals surface area (Å²) in [5.74, 6) is 0. The molecule has 1 aromatic carbocycles. The Hall–Kier alpha value is -0.670. The standard InChI is InChI=1S/C11H15O4P/c1-9-3-5-11(6-4-9)10(2)15-16(12)13-7-8-14-16/h3-6,10H,7-8H2,1-2H3. The van der Waals surface area contributed by atoms with Gasteiger partial charge in [-0.15, -0.1) is 0 Å². The van der Waals surface area contributed by atoms with Gasteiger partial charge in [-0.3, -0.25) is 13.6 Å². The van der Waals surface area contributed by atoms with Crippen LogP contribution in [0.3, 0.4) is 0 Å². The Morgan fingerprint density at radius 2 is 1.81 bits per heavy atom. The van der Waals surface area contributed by atoms with Gasteiger partial charge in [0.1, 0.15) is 0 Å². The average Bonchev–Trinajstić information content (AvgIpc) is 2.65. The molecule has 5 heteroatoms. The van der Waals surface area contributed by atoms with Crippen LogP contribution in [0.1, 0.15) is 24.2 Å². The predicted molar refractivity (Wildman–Crippen MR) is 60.2 cm³/mol. The summed E-state index contributed by atoms with van der Waals surface area (Å²) in [6, 6.07) is 7.87. The van der Waals surface area contributed by atoms with Crippen molar-refractivity contribution in [2.45, 2.75) is 20.0 Å². The van der Waals surface area contributed by atoms with Crippen molar-refractivity contribution in [1.29, 1.82) is 0 Å². The highest BCUT2D eigenvalue weighted by Crippen LogP contribution is 2.55. The van der Waals surface area contributed by atoms with Crippen LogP contribution < -0.4 is 0 Å². The van der Waals surface area contributed by atoms with Gasteiger partial charge in [0.25, 0.3) is 0 Å². The Morgan fingerprint density at radius 1 is 1.25 bits per heavy atom. The maximum Gasteiger partial charge on any atom is 0.475 e. The molecule has 1 aliphatic rings. The van der Waals surface area contributed by atoms with Crippen LogP contribution in [0.5, 0.6) is 0 Å². The van der Waals surface area contributed by atoms with E-state index in [9.17, 15) is 4.57 Å². The summed E-state index contributed by atoms with van der Waals surface area (Å²) in [7, 11) is -3.30. The van der Waals surface area contributed by atoms with Gasteiger partial charge in [0, 0.05) is 0 Å². The maximum absolute atomic E-state index is 11.8. The van der Waals surface area contributed by atoms with E-state index in [4.69, 9.17) is 13.6 Å². The SMILES string of the molecule is Cc1ccc(C(C)OP2(=O)OCCO2)cc1. The van der Waals surface area contributed by atoms with Crippen LogP contribution in [0, 0.1) is 6.92 Å². The third kappa shape index (κ3) is 2.71. The molecule has 88 valence electrons. The summed E-state index contributed by atoms with van der Waals surface area (Å²) in [5.41, 5.74) is 2.14. The van der Waals surface area contributed by atoms with Crippen molar-refractivity contribution in [3.8, 4) is 0 Å². The van der Waals surface area contributed by atoms with E-state index in [1.54, 1.807) is 0 Å². The van der Waals surface area contributed by atoms with E-state index >= 15 is 0 Å². The van der Waals surface area contributed by atoms with Gasteiger partial charge in [0.2, 0.25) is 0 Å². The van der Waals surface area contributed by atoms with Gasteiger partial charge in [-0.2, -0.15) is 0 Å². The second-order valence-corrected chi connectivity index (χ2v) is 5.39. The first kappa shape index (κ1) is 11.8. The van der Waals surface area contributed by atoms with Crippen molar-refractivity contribution >= 4 is 7.82 Å². The molecule has 1 fully saturated rings. The second kappa shape index (κ2) is 4.68. The van der Waals surface area contributed by atoms with Crippen molar-refractivity contribution in [2.75, 3.05) is 13.2 Å². The minimum Gasteiger partial charge on any atom is -0.284 e. The Bertz CT molecular complexity index is 391. The maximum atomic E-state index is 11.8. The van der Waals surface area contributed by atoms with E-state index in [1.807, 2.05) is 38.1 Å². The normalized spacial score (nSPS) is 20.9. The first-order valence-corrected chi connectivity index (χ1v) is 6.69. The van der Waals surface area contributed by atoms with Gasteiger partial charge in [0.15, 0.2) is 0 Å².